The number of ether oxygens (including phenoxy) is 1. The van der Waals surface area contributed by atoms with Gasteiger partial charge in [0.25, 0.3) is 0 Å². The molecule has 0 aromatic heterocycles. The first-order chi connectivity index (χ1) is 12.5. The van der Waals surface area contributed by atoms with Crippen molar-refractivity contribution in [2.45, 2.75) is 26.7 Å². The van der Waals surface area contributed by atoms with Gasteiger partial charge in [-0.2, -0.15) is 0 Å². The van der Waals surface area contributed by atoms with Crippen molar-refractivity contribution >= 4 is 17.3 Å². The largest absolute Gasteiger partial charge is 0.397 e. The predicted octanol–water partition coefficient (Wildman–Crippen LogP) is 4.61. The maximum atomic E-state index is 14.2. The second-order valence-corrected chi connectivity index (χ2v) is 5.80. The molecule has 0 bridgehead atoms. The van der Waals surface area contributed by atoms with Crippen LogP contribution in [0.3, 0.4) is 0 Å². The number of amides is 1. The Morgan fingerprint density at radius 2 is 1.73 bits per heavy atom. The lowest BCUT2D eigenvalue weighted by atomic mass is 9.98. The minimum atomic E-state index is -0.525. The van der Waals surface area contributed by atoms with Crippen molar-refractivity contribution in [1.29, 1.82) is 0 Å². The number of carbonyl (C=O) groups excluding carboxylic acids is 1. The summed E-state index contributed by atoms with van der Waals surface area (Å²) in [4.78, 5) is 12.3. The molecule has 6 heteroatoms. The van der Waals surface area contributed by atoms with Crippen LogP contribution in [0.2, 0.25) is 0 Å². The molecule has 0 radical (unpaired) electrons. The molecule has 1 fully saturated rings. The van der Waals surface area contributed by atoms with Crippen LogP contribution < -0.4 is 11.1 Å². The average Bonchev–Trinajstić information content (AvgIpc) is 2.67. The van der Waals surface area contributed by atoms with Crippen molar-refractivity contribution < 1.29 is 18.3 Å². The zero-order chi connectivity index (χ0) is 19.1. The number of benzene rings is 2. The fourth-order valence-electron chi connectivity index (χ4n) is 2.74. The van der Waals surface area contributed by atoms with E-state index in [4.69, 9.17) is 10.5 Å². The number of hydrogen-bond acceptors (Lipinski definition) is 3. The van der Waals surface area contributed by atoms with Crippen LogP contribution in [-0.2, 0) is 9.53 Å². The second-order valence-electron chi connectivity index (χ2n) is 5.80. The first kappa shape index (κ1) is 19.8. The Balaban J connectivity index is 0.00000117. The Bertz CT molecular complexity index is 742. The Kier molecular flexibility index (Phi) is 7.09. The van der Waals surface area contributed by atoms with Gasteiger partial charge in [0.2, 0.25) is 5.91 Å². The van der Waals surface area contributed by atoms with E-state index in [1.807, 2.05) is 13.8 Å². The summed E-state index contributed by atoms with van der Waals surface area (Å²) >= 11 is 0. The molecule has 1 aliphatic heterocycles. The third kappa shape index (κ3) is 4.79. The molecule has 2 aromatic rings. The molecule has 2 aromatic carbocycles. The molecule has 140 valence electrons. The summed E-state index contributed by atoms with van der Waals surface area (Å²) in [5.74, 6) is -1.22. The van der Waals surface area contributed by atoms with Gasteiger partial charge in [0, 0.05) is 24.7 Å². The highest BCUT2D eigenvalue weighted by Crippen LogP contribution is 2.31. The average molecular weight is 362 g/mol. The van der Waals surface area contributed by atoms with Crippen molar-refractivity contribution in [2.75, 3.05) is 24.3 Å². The summed E-state index contributed by atoms with van der Waals surface area (Å²) in [6.07, 6.45) is 1.30. The number of nitrogens with one attached hydrogen (secondary N) is 1. The Hall–Kier alpha value is -2.47. The maximum Gasteiger partial charge on any atom is 0.227 e. The minimum Gasteiger partial charge on any atom is -0.397 e. The van der Waals surface area contributed by atoms with Crippen molar-refractivity contribution in [2.24, 2.45) is 5.92 Å². The number of nitrogen functional groups attached to an aromatic ring is 1. The van der Waals surface area contributed by atoms with Crippen molar-refractivity contribution in [3.8, 4) is 11.1 Å². The number of nitrogens with two attached hydrogens (primary N) is 1. The lowest BCUT2D eigenvalue weighted by molar-refractivity contribution is -0.122. The summed E-state index contributed by atoms with van der Waals surface area (Å²) in [7, 11) is 0. The zero-order valence-corrected chi connectivity index (χ0v) is 15.0. The molecule has 26 heavy (non-hydrogen) atoms. The van der Waals surface area contributed by atoms with E-state index >= 15 is 0 Å². The van der Waals surface area contributed by atoms with Gasteiger partial charge in [-0.05, 0) is 42.7 Å². The summed E-state index contributed by atoms with van der Waals surface area (Å²) in [6, 6.07) is 8.12. The molecule has 1 amide bonds. The third-order valence-corrected chi connectivity index (χ3v) is 4.14. The number of hydrogen-bond donors (Lipinski definition) is 2. The van der Waals surface area contributed by atoms with Crippen LogP contribution >= 0.6 is 0 Å². The van der Waals surface area contributed by atoms with Gasteiger partial charge in [-0.25, -0.2) is 8.78 Å². The summed E-state index contributed by atoms with van der Waals surface area (Å²) in [5, 5.41) is 2.77. The van der Waals surface area contributed by atoms with Gasteiger partial charge >= 0.3 is 0 Å². The maximum absolute atomic E-state index is 14.2. The Morgan fingerprint density at radius 3 is 2.35 bits per heavy atom. The molecular formula is C20H24F2N2O2. The number of carbonyl (C=O) groups is 1. The van der Waals surface area contributed by atoms with Crippen molar-refractivity contribution in [3.63, 3.8) is 0 Å². The van der Waals surface area contributed by atoms with Crippen LogP contribution in [0.4, 0.5) is 20.2 Å². The van der Waals surface area contributed by atoms with Crippen LogP contribution in [-0.4, -0.2) is 19.1 Å². The molecule has 0 aliphatic carbocycles. The fourth-order valence-corrected chi connectivity index (χ4v) is 2.74. The van der Waals surface area contributed by atoms with Crippen LogP contribution in [0.5, 0.6) is 0 Å². The highest BCUT2D eigenvalue weighted by molar-refractivity contribution is 5.96. The zero-order valence-electron chi connectivity index (χ0n) is 15.0. The van der Waals surface area contributed by atoms with Crippen molar-refractivity contribution in [3.05, 3.63) is 48.0 Å². The van der Waals surface area contributed by atoms with E-state index < -0.39 is 11.6 Å². The molecule has 1 heterocycles. The lowest BCUT2D eigenvalue weighted by Crippen LogP contribution is -2.28. The molecule has 3 N–H and O–H groups in total. The quantitative estimate of drug-likeness (QED) is 0.784. The van der Waals surface area contributed by atoms with E-state index in [1.54, 1.807) is 0 Å². The molecule has 0 unspecified atom stereocenters. The van der Waals surface area contributed by atoms with Gasteiger partial charge in [0.15, 0.2) is 0 Å². The van der Waals surface area contributed by atoms with Gasteiger partial charge in [-0.1, -0.05) is 26.0 Å². The van der Waals surface area contributed by atoms with Crippen LogP contribution in [0.15, 0.2) is 36.4 Å². The first-order valence-electron chi connectivity index (χ1n) is 8.78. The van der Waals surface area contributed by atoms with Crippen LogP contribution in [0, 0.1) is 17.6 Å². The van der Waals surface area contributed by atoms with E-state index in [-0.39, 0.29) is 23.1 Å². The van der Waals surface area contributed by atoms with Gasteiger partial charge < -0.3 is 15.8 Å². The number of anilines is 2. The van der Waals surface area contributed by atoms with E-state index in [9.17, 15) is 13.6 Å². The second kappa shape index (κ2) is 9.29. The van der Waals surface area contributed by atoms with Crippen LogP contribution in [0.25, 0.3) is 11.1 Å². The molecule has 0 spiro atoms. The fraction of sp³-hybridized carbons (Fsp3) is 0.350. The van der Waals surface area contributed by atoms with Gasteiger partial charge in [0.1, 0.15) is 11.6 Å². The minimum absolute atomic E-state index is 0.141. The molecule has 0 saturated carbocycles. The molecule has 1 aliphatic rings. The topological polar surface area (TPSA) is 64.3 Å². The Morgan fingerprint density at radius 1 is 1.12 bits per heavy atom. The molecule has 0 atom stereocenters. The standard InChI is InChI=1S/C18H18F2N2O2.C2H6/c19-13-3-1-11(2-4-13)14-9-17(16(21)10-15(14)20)22-18(23)12-5-7-24-8-6-12;1-2/h1-4,9-10,12H,5-8,21H2,(H,22,23);1-2H3. The third-order valence-electron chi connectivity index (χ3n) is 4.14. The summed E-state index contributed by atoms with van der Waals surface area (Å²) < 4.78 is 32.5. The first-order valence-corrected chi connectivity index (χ1v) is 8.78. The van der Waals surface area contributed by atoms with Gasteiger partial charge in [-0.3, -0.25) is 4.79 Å². The normalized spacial score (nSPS) is 14.3. The summed E-state index contributed by atoms with van der Waals surface area (Å²) in [5.41, 5.74) is 7.10. The Labute approximate surface area is 152 Å². The molecular weight excluding hydrogens is 338 g/mol. The molecule has 4 nitrogen and oxygen atoms in total. The predicted molar refractivity (Wildman–Crippen MR) is 99.7 cm³/mol. The highest BCUT2D eigenvalue weighted by atomic mass is 19.1. The van der Waals surface area contributed by atoms with E-state index in [2.05, 4.69) is 5.32 Å². The molecule has 1 saturated heterocycles. The van der Waals surface area contributed by atoms with Crippen molar-refractivity contribution in [1.82, 2.24) is 0 Å². The van der Waals surface area contributed by atoms with E-state index in [1.165, 1.54) is 30.3 Å². The highest BCUT2D eigenvalue weighted by Gasteiger charge is 2.22. The summed E-state index contributed by atoms with van der Waals surface area (Å²) in [6.45, 7) is 5.11. The lowest BCUT2D eigenvalue weighted by Gasteiger charge is -2.22. The van der Waals surface area contributed by atoms with E-state index in [0.717, 1.165) is 6.07 Å². The number of halogens is 2. The van der Waals surface area contributed by atoms with E-state index in [0.29, 0.717) is 37.3 Å². The smallest absolute Gasteiger partial charge is 0.227 e. The molecule has 3 rings (SSSR count). The van der Waals surface area contributed by atoms with Crippen LogP contribution in [0.1, 0.15) is 26.7 Å². The van der Waals surface area contributed by atoms with Gasteiger partial charge in [-0.15, -0.1) is 0 Å². The number of rotatable bonds is 3. The van der Waals surface area contributed by atoms with Gasteiger partial charge in [0.05, 0.1) is 11.4 Å². The monoisotopic (exact) mass is 362 g/mol. The SMILES string of the molecule is CC.Nc1cc(F)c(-c2ccc(F)cc2)cc1NC(=O)C1CCOCC1.